The Morgan fingerprint density at radius 1 is 1.47 bits per heavy atom. The molecule has 1 aromatic heterocycles. The molecule has 0 bridgehead atoms. The first kappa shape index (κ1) is 14.0. The van der Waals surface area contributed by atoms with Gasteiger partial charge < -0.3 is 14.5 Å². The molecule has 0 radical (unpaired) electrons. The van der Waals surface area contributed by atoms with E-state index in [1.54, 1.807) is 19.4 Å². The van der Waals surface area contributed by atoms with Crippen LogP contribution < -0.4 is 5.32 Å². The second kappa shape index (κ2) is 7.28. The van der Waals surface area contributed by atoms with Gasteiger partial charge >= 0.3 is 0 Å². The molecule has 1 N–H and O–H groups in total. The van der Waals surface area contributed by atoms with E-state index in [0.29, 0.717) is 23.3 Å². The number of rotatable bonds is 7. The van der Waals surface area contributed by atoms with Crippen molar-refractivity contribution in [2.75, 3.05) is 20.3 Å². The predicted octanol–water partition coefficient (Wildman–Crippen LogP) is 2.70. The molecule has 0 aliphatic rings. The summed E-state index contributed by atoms with van der Waals surface area (Å²) in [5.41, 5.74) is 0.874. The van der Waals surface area contributed by atoms with E-state index in [-0.39, 0.29) is 5.82 Å². The molecule has 2 rings (SSSR count). The summed E-state index contributed by atoms with van der Waals surface area (Å²) in [5.74, 6) is -0.269. The zero-order valence-electron chi connectivity index (χ0n) is 10.6. The van der Waals surface area contributed by atoms with E-state index in [2.05, 4.69) is 10.3 Å². The number of benzene rings is 1. The number of nitrogens with one attached hydrogen (secondary N) is 1. The molecule has 0 fully saturated rings. The summed E-state index contributed by atoms with van der Waals surface area (Å²) >= 11 is 1.19. The van der Waals surface area contributed by atoms with Gasteiger partial charge in [0.15, 0.2) is 0 Å². The van der Waals surface area contributed by atoms with Gasteiger partial charge in [-0.15, -0.1) is 0 Å². The number of hydrogen-bond donors (Lipinski definition) is 1. The molecule has 6 heteroatoms. The van der Waals surface area contributed by atoms with E-state index in [1.165, 1.54) is 24.1 Å². The SMILES string of the molecule is COCCNCc1cccc(F)c1Sc1ncco1. The molecule has 0 unspecified atom stereocenters. The van der Waals surface area contributed by atoms with Gasteiger partial charge in [0, 0.05) is 20.2 Å². The van der Waals surface area contributed by atoms with Crippen LogP contribution in [0, 0.1) is 5.82 Å². The Labute approximate surface area is 115 Å². The average Bonchev–Trinajstić information content (AvgIpc) is 2.91. The highest BCUT2D eigenvalue weighted by Crippen LogP contribution is 2.31. The lowest BCUT2D eigenvalue weighted by atomic mass is 10.2. The highest BCUT2D eigenvalue weighted by Gasteiger charge is 2.12. The summed E-state index contributed by atoms with van der Waals surface area (Å²) in [6.07, 6.45) is 3.01. The fourth-order valence-corrected chi connectivity index (χ4v) is 2.38. The minimum atomic E-state index is -0.269. The molecule has 0 aliphatic heterocycles. The van der Waals surface area contributed by atoms with Crippen molar-refractivity contribution in [1.82, 2.24) is 10.3 Å². The number of oxazole rings is 1. The maximum Gasteiger partial charge on any atom is 0.260 e. The van der Waals surface area contributed by atoms with Crippen molar-refractivity contribution in [2.45, 2.75) is 16.7 Å². The second-order valence-corrected chi connectivity index (χ2v) is 4.76. The van der Waals surface area contributed by atoms with E-state index in [1.807, 2.05) is 6.07 Å². The van der Waals surface area contributed by atoms with Crippen LogP contribution in [0.5, 0.6) is 0 Å². The molecule has 102 valence electrons. The van der Waals surface area contributed by atoms with Gasteiger partial charge in [-0.2, -0.15) is 0 Å². The van der Waals surface area contributed by atoms with Gasteiger partial charge in [0.2, 0.25) is 0 Å². The van der Waals surface area contributed by atoms with Gasteiger partial charge in [0.05, 0.1) is 17.7 Å². The van der Waals surface area contributed by atoms with Crippen LogP contribution in [0.1, 0.15) is 5.56 Å². The largest absolute Gasteiger partial charge is 0.440 e. The van der Waals surface area contributed by atoms with Gasteiger partial charge in [0.25, 0.3) is 5.22 Å². The Bertz CT molecular complexity index is 505. The molecule has 0 saturated heterocycles. The number of halogens is 1. The molecule has 19 heavy (non-hydrogen) atoms. The zero-order valence-corrected chi connectivity index (χ0v) is 11.4. The lowest BCUT2D eigenvalue weighted by Gasteiger charge is -2.09. The molecular weight excluding hydrogens is 267 g/mol. The van der Waals surface area contributed by atoms with Crippen LogP contribution in [0.3, 0.4) is 0 Å². The second-order valence-electron chi connectivity index (χ2n) is 3.80. The first-order valence-corrected chi connectivity index (χ1v) is 6.67. The van der Waals surface area contributed by atoms with Crippen LogP contribution in [-0.4, -0.2) is 25.2 Å². The van der Waals surface area contributed by atoms with Gasteiger partial charge in [-0.3, -0.25) is 0 Å². The normalized spacial score (nSPS) is 10.8. The van der Waals surface area contributed by atoms with Gasteiger partial charge in [0.1, 0.15) is 12.1 Å². The smallest absolute Gasteiger partial charge is 0.260 e. The van der Waals surface area contributed by atoms with Crippen molar-refractivity contribution in [3.63, 3.8) is 0 Å². The third kappa shape index (κ3) is 4.05. The van der Waals surface area contributed by atoms with E-state index >= 15 is 0 Å². The first-order chi connectivity index (χ1) is 9.31. The Hall–Kier alpha value is -1.37. The summed E-state index contributed by atoms with van der Waals surface area (Å²) < 4.78 is 24.0. The quantitative estimate of drug-likeness (QED) is 0.791. The zero-order chi connectivity index (χ0) is 13.5. The third-order valence-electron chi connectivity index (χ3n) is 2.45. The molecule has 2 aromatic rings. The Morgan fingerprint density at radius 3 is 3.11 bits per heavy atom. The molecule has 0 amide bonds. The molecule has 0 saturated carbocycles. The monoisotopic (exact) mass is 282 g/mol. The van der Waals surface area contributed by atoms with Crippen molar-refractivity contribution in [3.8, 4) is 0 Å². The first-order valence-electron chi connectivity index (χ1n) is 5.85. The lowest BCUT2D eigenvalue weighted by Crippen LogP contribution is -2.19. The average molecular weight is 282 g/mol. The molecule has 4 nitrogen and oxygen atoms in total. The van der Waals surface area contributed by atoms with Crippen molar-refractivity contribution < 1.29 is 13.5 Å². The van der Waals surface area contributed by atoms with Crippen molar-refractivity contribution in [1.29, 1.82) is 0 Å². The van der Waals surface area contributed by atoms with Crippen LogP contribution >= 0.6 is 11.8 Å². The topological polar surface area (TPSA) is 47.3 Å². The maximum absolute atomic E-state index is 13.9. The summed E-state index contributed by atoms with van der Waals surface area (Å²) in [7, 11) is 1.65. The Kier molecular flexibility index (Phi) is 5.38. The number of aromatic nitrogens is 1. The van der Waals surface area contributed by atoms with Crippen LogP contribution in [0.15, 0.2) is 45.2 Å². The standard InChI is InChI=1S/C13H15FN2O2S/c1-17-7-5-15-9-10-3-2-4-11(14)12(10)19-13-16-6-8-18-13/h2-4,6,8,15H,5,7,9H2,1H3. The minimum absolute atomic E-state index is 0.269. The lowest BCUT2D eigenvalue weighted by molar-refractivity contribution is 0.199. The maximum atomic E-state index is 13.9. The molecular formula is C13H15FN2O2S. The number of nitrogens with zero attached hydrogens (tertiary/aromatic N) is 1. The van der Waals surface area contributed by atoms with Crippen LogP contribution in [0.25, 0.3) is 0 Å². The predicted molar refractivity (Wildman–Crippen MR) is 70.6 cm³/mol. The van der Waals surface area contributed by atoms with E-state index in [4.69, 9.17) is 9.15 Å². The number of ether oxygens (including phenoxy) is 1. The molecule has 0 spiro atoms. The van der Waals surface area contributed by atoms with Crippen LogP contribution in [-0.2, 0) is 11.3 Å². The fourth-order valence-electron chi connectivity index (χ4n) is 1.55. The summed E-state index contributed by atoms with van der Waals surface area (Å²) in [6.45, 7) is 1.91. The van der Waals surface area contributed by atoms with Gasteiger partial charge in [-0.1, -0.05) is 12.1 Å². The molecule has 1 aromatic carbocycles. The van der Waals surface area contributed by atoms with E-state index in [9.17, 15) is 4.39 Å². The van der Waals surface area contributed by atoms with E-state index < -0.39 is 0 Å². The molecule has 1 heterocycles. The van der Waals surface area contributed by atoms with Crippen molar-refractivity contribution in [3.05, 3.63) is 42.0 Å². The van der Waals surface area contributed by atoms with Crippen LogP contribution in [0.4, 0.5) is 4.39 Å². The number of hydrogen-bond acceptors (Lipinski definition) is 5. The van der Waals surface area contributed by atoms with Gasteiger partial charge in [-0.25, -0.2) is 9.37 Å². The number of methoxy groups -OCH3 is 1. The summed E-state index contributed by atoms with van der Waals surface area (Å²) in [5, 5.41) is 3.63. The highest BCUT2D eigenvalue weighted by molar-refractivity contribution is 7.99. The third-order valence-corrected chi connectivity index (χ3v) is 3.48. The summed E-state index contributed by atoms with van der Waals surface area (Å²) in [4.78, 5) is 4.53. The highest BCUT2D eigenvalue weighted by atomic mass is 32.2. The molecule has 0 aliphatic carbocycles. The summed E-state index contributed by atoms with van der Waals surface area (Å²) in [6, 6.07) is 5.01. The van der Waals surface area contributed by atoms with Crippen molar-refractivity contribution in [2.24, 2.45) is 0 Å². The molecule has 0 atom stereocenters. The minimum Gasteiger partial charge on any atom is -0.440 e. The van der Waals surface area contributed by atoms with Gasteiger partial charge in [-0.05, 0) is 23.4 Å². The van der Waals surface area contributed by atoms with E-state index in [0.717, 1.165) is 12.1 Å². The Balaban J connectivity index is 2.07. The van der Waals surface area contributed by atoms with Crippen LogP contribution in [0.2, 0.25) is 0 Å². The Morgan fingerprint density at radius 2 is 2.37 bits per heavy atom. The fraction of sp³-hybridized carbons (Fsp3) is 0.308. The van der Waals surface area contributed by atoms with Crippen molar-refractivity contribution >= 4 is 11.8 Å².